The Morgan fingerprint density at radius 1 is 1.10 bits per heavy atom. The number of H-pyrrole nitrogens is 1. The summed E-state index contributed by atoms with van der Waals surface area (Å²) in [5.74, 6) is 0.650. The van der Waals surface area contributed by atoms with Crippen LogP contribution in [-0.2, 0) is 9.47 Å². The van der Waals surface area contributed by atoms with E-state index in [9.17, 15) is 4.79 Å². The summed E-state index contributed by atoms with van der Waals surface area (Å²) in [5, 5.41) is 3.15. The van der Waals surface area contributed by atoms with Gasteiger partial charge in [0, 0.05) is 39.6 Å². The van der Waals surface area contributed by atoms with E-state index in [1.165, 1.54) is 6.07 Å². The quantitative estimate of drug-likeness (QED) is 0.290. The lowest BCUT2D eigenvalue weighted by Crippen LogP contribution is -2.33. The molecule has 0 fully saturated rings. The number of aliphatic imine (C=N–C) groups is 2. The molecule has 0 bridgehead atoms. The second-order valence-electron chi connectivity index (χ2n) is 7.96. The van der Waals surface area contributed by atoms with Gasteiger partial charge in [0.2, 0.25) is 5.56 Å². The van der Waals surface area contributed by atoms with Gasteiger partial charge in [-0.3, -0.25) is 15.1 Å². The molecule has 0 aliphatic carbocycles. The first-order chi connectivity index (χ1) is 14.3. The number of nitrogens with zero attached hydrogens (tertiary/aromatic N) is 2. The van der Waals surface area contributed by atoms with Crippen molar-refractivity contribution in [1.82, 2.24) is 10.3 Å². The lowest BCUT2D eigenvalue weighted by atomic mass is 10.1. The zero-order valence-electron chi connectivity index (χ0n) is 18.5. The van der Waals surface area contributed by atoms with Crippen molar-refractivity contribution in [2.75, 3.05) is 27.0 Å². The Balaban J connectivity index is 2.03. The topological polar surface area (TPSA) is 88.1 Å². The standard InChI is InChI=1S/C22H32N4O3Si/c1-6-29-22(25-16-28-13-14-30(3,4)5)26-21(23-2)18-9-7-17(8-10-18)19-11-12-20(27)24-15-19/h7-12,15H,6,13-14,16H2,1-5H3,(H,24,27)(H,23,25,26). The fraction of sp³-hybridized carbons (Fsp3) is 0.409. The van der Waals surface area contributed by atoms with E-state index in [2.05, 4.69) is 39.9 Å². The first kappa shape index (κ1) is 23.6. The summed E-state index contributed by atoms with van der Waals surface area (Å²) >= 11 is 0. The molecule has 0 aliphatic heterocycles. The highest BCUT2D eigenvalue weighted by Crippen LogP contribution is 2.18. The van der Waals surface area contributed by atoms with Crippen LogP contribution in [0.2, 0.25) is 25.7 Å². The predicted molar refractivity (Wildman–Crippen MR) is 126 cm³/mol. The first-order valence-electron chi connectivity index (χ1n) is 10.1. The number of pyridine rings is 1. The maximum absolute atomic E-state index is 11.2. The monoisotopic (exact) mass is 428 g/mol. The molecular formula is C22H32N4O3Si. The molecule has 0 saturated carbocycles. The summed E-state index contributed by atoms with van der Waals surface area (Å²) in [6.07, 6.45) is 1.70. The normalized spacial score (nSPS) is 12.7. The highest BCUT2D eigenvalue weighted by atomic mass is 28.3. The minimum Gasteiger partial charge on any atom is -0.465 e. The molecule has 0 atom stereocenters. The third-order valence-corrected chi connectivity index (χ3v) is 6.01. The molecule has 8 heteroatoms. The minimum absolute atomic E-state index is 0.118. The molecule has 0 unspecified atom stereocenters. The van der Waals surface area contributed by atoms with Crippen molar-refractivity contribution in [3.8, 4) is 11.1 Å². The number of nitrogens with one attached hydrogen (secondary N) is 2. The number of hydrogen-bond donors (Lipinski definition) is 2. The number of aromatic nitrogens is 1. The van der Waals surface area contributed by atoms with Crippen molar-refractivity contribution in [3.05, 3.63) is 58.5 Å². The van der Waals surface area contributed by atoms with Crippen LogP contribution in [0, 0.1) is 0 Å². The molecule has 0 spiro atoms. The summed E-state index contributed by atoms with van der Waals surface area (Å²) in [7, 11) is 0.600. The van der Waals surface area contributed by atoms with Gasteiger partial charge in [0.1, 0.15) is 12.6 Å². The van der Waals surface area contributed by atoms with E-state index in [1.807, 2.05) is 31.2 Å². The zero-order valence-corrected chi connectivity index (χ0v) is 19.5. The van der Waals surface area contributed by atoms with Gasteiger partial charge in [0.15, 0.2) is 0 Å². The fourth-order valence-electron chi connectivity index (χ4n) is 2.57. The van der Waals surface area contributed by atoms with Gasteiger partial charge in [-0.25, -0.2) is 4.99 Å². The smallest absolute Gasteiger partial charge is 0.292 e. The molecule has 0 radical (unpaired) electrons. The van der Waals surface area contributed by atoms with Crippen LogP contribution >= 0.6 is 0 Å². The van der Waals surface area contributed by atoms with Crippen LogP contribution in [0.3, 0.4) is 0 Å². The average Bonchev–Trinajstić information content (AvgIpc) is 2.71. The van der Waals surface area contributed by atoms with Crippen molar-refractivity contribution in [2.45, 2.75) is 32.6 Å². The Morgan fingerprint density at radius 3 is 2.37 bits per heavy atom. The van der Waals surface area contributed by atoms with Gasteiger partial charge in [0.05, 0.1) is 6.61 Å². The van der Waals surface area contributed by atoms with Gasteiger partial charge in [-0.15, -0.1) is 0 Å². The Hall–Kier alpha value is -2.71. The molecule has 2 aromatic rings. The van der Waals surface area contributed by atoms with Crippen LogP contribution in [0.15, 0.2) is 57.4 Å². The fourth-order valence-corrected chi connectivity index (χ4v) is 3.33. The average molecular weight is 429 g/mol. The third kappa shape index (κ3) is 7.96. The number of hydrogen-bond acceptors (Lipinski definition) is 5. The molecule has 30 heavy (non-hydrogen) atoms. The SMILES string of the molecule is CCOC(=NCOCC[Si](C)(C)C)NC(=NC)c1ccc(-c2ccc(=O)[nH]c2)cc1. The molecule has 7 nitrogen and oxygen atoms in total. The van der Waals surface area contributed by atoms with E-state index in [1.54, 1.807) is 19.3 Å². The molecule has 0 saturated heterocycles. The molecule has 0 aliphatic rings. The van der Waals surface area contributed by atoms with E-state index < -0.39 is 8.07 Å². The highest BCUT2D eigenvalue weighted by molar-refractivity contribution is 6.76. The summed E-state index contributed by atoms with van der Waals surface area (Å²) in [4.78, 5) is 22.6. The van der Waals surface area contributed by atoms with Gasteiger partial charge < -0.3 is 14.5 Å². The number of amidine groups is 2. The van der Waals surface area contributed by atoms with Crippen LogP contribution in [0.1, 0.15) is 12.5 Å². The van der Waals surface area contributed by atoms with Gasteiger partial charge in [-0.05, 0) is 30.2 Å². The molecule has 2 rings (SSSR count). The molecule has 162 valence electrons. The summed E-state index contributed by atoms with van der Waals surface area (Å²) in [6.45, 7) is 10.3. The second kappa shape index (κ2) is 11.5. The van der Waals surface area contributed by atoms with Crippen molar-refractivity contribution in [3.63, 3.8) is 0 Å². The Kier molecular flexibility index (Phi) is 9.01. The molecule has 2 N–H and O–H groups in total. The van der Waals surface area contributed by atoms with Crippen molar-refractivity contribution >= 4 is 19.9 Å². The molecule has 1 aromatic heterocycles. The van der Waals surface area contributed by atoms with E-state index >= 15 is 0 Å². The lowest BCUT2D eigenvalue weighted by Gasteiger charge is -2.15. The minimum atomic E-state index is -1.11. The van der Waals surface area contributed by atoms with E-state index in [4.69, 9.17) is 9.47 Å². The van der Waals surface area contributed by atoms with Gasteiger partial charge >= 0.3 is 0 Å². The second-order valence-corrected chi connectivity index (χ2v) is 13.6. The largest absolute Gasteiger partial charge is 0.465 e. The van der Waals surface area contributed by atoms with E-state index in [0.717, 1.165) is 22.7 Å². The maximum atomic E-state index is 11.2. The Morgan fingerprint density at radius 2 is 1.80 bits per heavy atom. The van der Waals surface area contributed by atoms with Crippen LogP contribution in [0.4, 0.5) is 0 Å². The van der Waals surface area contributed by atoms with E-state index in [0.29, 0.717) is 25.1 Å². The number of aromatic amines is 1. The molecular weight excluding hydrogens is 396 g/mol. The summed E-state index contributed by atoms with van der Waals surface area (Å²) in [6, 6.07) is 12.7. The molecule has 1 heterocycles. The van der Waals surface area contributed by atoms with Crippen LogP contribution in [0.25, 0.3) is 11.1 Å². The first-order valence-corrected chi connectivity index (χ1v) is 13.8. The van der Waals surface area contributed by atoms with Crippen molar-refractivity contribution < 1.29 is 9.47 Å². The number of rotatable bonds is 8. The maximum Gasteiger partial charge on any atom is 0.292 e. The zero-order chi connectivity index (χ0) is 22.0. The lowest BCUT2D eigenvalue weighted by molar-refractivity contribution is 0.152. The Labute approximate surface area is 179 Å². The van der Waals surface area contributed by atoms with Crippen molar-refractivity contribution in [1.29, 1.82) is 0 Å². The number of ether oxygens (including phenoxy) is 2. The Bertz CT molecular complexity index is 895. The van der Waals surface area contributed by atoms with E-state index in [-0.39, 0.29) is 12.3 Å². The molecule has 1 aromatic carbocycles. The third-order valence-electron chi connectivity index (χ3n) is 4.30. The van der Waals surface area contributed by atoms with Crippen LogP contribution in [0.5, 0.6) is 0 Å². The number of benzene rings is 1. The molecule has 0 amide bonds. The highest BCUT2D eigenvalue weighted by Gasteiger charge is 2.12. The van der Waals surface area contributed by atoms with Crippen LogP contribution < -0.4 is 10.9 Å². The van der Waals surface area contributed by atoms with Gasteiger partial charge in [-0.2, -0.15) is 0 Å². The van der Waals surface area contributed by atoms with Crippen molar-refractivity contribution in [2.24, 2.45) is 9.98 Å². The van der Waals surface area contributed by atoms with Gasteiger partial charge in [-0.1, -0.05) is 43.9 Å². The van der Waals surface area contributed by atoms with Crippen LogP contribution in [-0.4, -0.2) is 51.9 Å². The summed E-state index contributed by atoms with van der Waals surface area (Å²) in [5.41, 5.74) is 2.72. The predicted octanol–water partition coefficient (Wildman–Crippen LogP) is 3.71. The van der Waals surface area contributed by atoms with Gasteiger partial charge in [0.25, 0.3) is 6.02 Å². The summed E-state index contributed by atoms with van der Waals surface area (Å²) < 4.78 is 11.2.